The molecule has 0 unspecified atom stereocenters. The predicted molar refractivity (Wildman–Crippen MR) is 112 cm³/mol. The summed E-state index contributed by atoms with van der Waals surface area (Å²) in [5, 5.41) is 0. The quantitative estimate of drug-likeness (QED) is 0.372. The molecule has 0 bridgehead atoms. The number of rotatable bonds is 7. The lowest BCUT2D eigenvalue weighted by molar-refractivity contribution is -0.134. The van der Waals surface area contributed by atoms with Crippen molar-refractivity contribution in [2.75, 3.05) is 0 Å². The van der Waals surface area contributed by atoms with E-state index in [4.69, 9.17) is 4.74 Å². The Morgan fingerprint density at radius 3 is 2.00 bits per heavy atom. The maximum Gasteiger partial charge on any atom is 0.311 e. The Hall–Kier alpha value is -1.31. The Morgan fingerprint density at radius 2 is 1.44 bits per heavy atom. The summed E-state index contributed by atoms with van der Waals surface area (Å²) in [5.41, 5.74) is 1.43. The summed E-state index contributed by atoms with van der Waals surface area (Å²) in [6, 6.07) is 8.30. The van der Waals surface area contributed by atoms with Crippen molar-refractivity contribution < 1.29 is 9.53 Å². The van der Waals surface area contributed by atoms with Crippen molar-refractivity contribution in [2.24, 2.45) is 17.8 Å². The molecule has 0 aromatic heterocycles. The third-order valence-electron chi connectivity index (χ3n) is 7.06. The Morgan fingerprint density at radius 1 is 0.852 bits per heavy atom. The Kier molecular flexibility index (Phi) is 7.79. The maximum absolute atomic E-state index is 11.6. The molecule has 27 heavy (non-hydrogen) atoms. The number of carbonyl (C=O) groups excluding carboxylic acids is 1. The van der Waals surface area contributed by atoms with Gasteiger partial charge in [-0.1, -0.05) is 51.7 Å². The summed E-state index contributed by atoms with van der Waals surface area (Å²) < 4.78 is 5.38. The van der Waals surface area contributed by atoms with E-state index in [0.717, 1.165) is 24.2 Å². The average molecular weight is 371 g/mol. The lowest BCUT2D eigenvalue weighted by Gasteiger charge is -2.38. The monoisotopic (exact) mass is 370 g/mol. The number of hydrogen-bond donors (Lipinski definition) is 0. The van der Waals surface area contributed by atoms with E-state index >= 15 is 0 Å². The zero-order valence-corrected chi connectivity index (χ0v) is 17.4. The van der Waals surface area contributed by atoms with E-state index in [2.05, 4.69) is 19.1 Å². The topological polar surface area (TPSA) is 26.3 Å². The maximum atomic E-state index is 11.6. The van der Waals surface area contributed by atoms with E-state index in [9.17, 15) is 4.79 Å². The third kappa shape index (κ3) is 5.83. The summed E-state index contributed by atoms with van der Waals surface area (Å²) >= 11 is 0. The fourth-order valence-electron chi connectivity index (χ4n) is 5.48. The van der Waals surface area contributed by atoms with Crippen molar-refractivity contribution >= 4 is 5.97 Å². The number of carbonyl (C=O) groups is 1. The molecule has 2 fully saturated rings. The predicted octanol–water partition coefficient (Wildman–Crippen LogP) is 7.27. The first kappa shape index (κ1) is 20.4. The second kappa shape index (κ2) is 10.3. The first-order chi connectivity index (χ1) is 13.2. The van der Waals surface area contributed by atoms with Gasteiger partial charge >= 0.3 is 5.97 Å². The summed E-state index contributed by atoms with van der Waals surface area (Å²) in [6.07, 6.45) is 15.5. The molecule has 0 N–H and O–H groups in total. The van der Waals surface area contributed by atoms with Crippen LogP contribution < -0.4 is 4.74 Å². The highest BCUT2D eigenvalue weighted by atomic mass is 16.5. The van der Waals surface area contributed by atoms with Gasteiger partial charge in [0, 0.05) is 6.42 Å². The van der Waals surface area contributed by atoms with Gasteiger partial charge in [0.25, 0.3) is 0 Å². The van der Waals surface area contributed by atoms with Gasteiger partial charge in [-0.25, -0.2) is 0 Å². The van der Waals surface area contributed by atoms with Gasteiger partial charge < -0.3 is 4.74 Å². The average Bonchev–Trinajstić information content (AvgIpc) is 2.70. The number of esters is 1. The molecule has 150 valence electrons. The summed E-state index contributed by atoms with van der Waals surface area (Å²) in [6.45, 7) is 4.33. The summed E-state index contributed by atoms with van der Waals surface area (Å²) in [5.74, 6) is 4.25. The van der Waals surface area contributed by atoms with Crippen LogP contribution in [0.25, 0.3) is 0 Å². The van der Waals surface area contributed by atoms with Gasteiger partial charge in [0.2, 0.25) is 0 Å². The molecule has 0 atom stereocenters. The molecule has 1 aromatic carbocycles. The smallest absolute Gasteiger partial charge is 0.311 e. The minimum Gasteiger partial charge on any atom is -0.427 e. The standard InChI is InChI=1S/C25H38O2/c1-3-5-19-7-9-20(10-8-19)21-11-13-22(14-12-21)23-15-17-24(18-16-23)27-25(26)6-4-2/h15-22H,3-14H2,1-2H3/t19-,20-,21-,22-. The van der Waals surface area contributed by atoms with Crippen molar-refractivity contribution in [1.29, 1.82) is 0 Å². The molecular weight excluding hydrogens is 332 g/mol. The Bertz CT molecular complexity index is 560. The van der Waals surface area contributed by atoms with Crippen molar-refractivity contribution in [3.05, 3.63) is 29.8 Å². The zero-order valence-electron chi connectivity index (χ0n) is 17.4. The molecule has 3 rings (SSSR count). The van der Waals surface area contributed by atoms with Gasteiger partial charge in [-0.15, -0.1) is 0 Å². The largest absolute Gasteiger partial charge is 0.427 e. The number of hydrogen-bond acceptors (Lipinski definition) is 2. The van der Waals surface area contributed by atoms with Crippen LogP contribution in [-0.4, -0.2) is 5.97 Å². The van der Waals surface area contributed by atoms with Gasteiger partial charge in [-0.3, -0.25) is 4.79 Å². The fraction of sp³-hybridized carbons (Fsp3) is 0.720. The SMILES string of the molecule is CCCC(=O)Oc1ccc([C@H]2CC[C@H]([C@H]3CC[C@H](CCC)CC3)CC2)cc1. The van der Waals surface area contributed by atoms with E-state index in [1.807, 2.05) is 19.1 Å². The molecule has 2 nitrogen and oxygen atoms in total. The van der Waals surface area contributed by atoms with Crippen molar-refractivity contribution in [2.45, 2.75) is 96.8 Å². The van der Waals surface area contributed by atoms with Gasteiger partial charge in [0.1, 0.15) is 5.75 Å². The van der Waals surface area contributed by atoms with Crippen molar-refractivity contribution in [1.82, 2.24) is 0 Å². The molecular formula is C25H38O2. The molecule has 2 aliphatic carbocycles. The lowest BCUT2D eigenvalue weighted by Crippen LogP contribution is -2.25. The molecule has 0 aliphatic heterocycles. The first-order valence-corrected chi connectivity index (χ1v) is 11.5. The van der Waals surface area contributed by atoms with Gasteiger partial charge in [0.05, 0.1) is 0 Å². The Balaban J connectivity index is 1.44. The van der Waals surface area contributed by atoms with Crippen LogP contribution in [0.1, 0.15) is 102 Å². The normalized spacial score (nSPS) is 28.7. The van der Waals surface area contributed by atoms with Crippen LogP contribution in [0.4, 0.5) is 0 Å². The molecule has 0 amide bonds. The second-order valence-corrected chi connectivity index (χ2v) is 8.97. The first-order valence-electron chi connectivity index (χ1n) is 11.5. The number of benzene rings is 1. The highest BCUT2D eigenvalue weighted by Crippen LogP contribution is 2.44. The van der Waals surface area contributed by atoms with Gasteiger partial charge in [-0.2, -0.15) is 0 Å². The minimum absolute atomic E-state index is 0.126. The van der Waals surface area contributed by atoms with E-state index in [1.165, 1.54) is 69.8 Å². The third-order valence-corrected chi connectivity index (χ3v) is 7.06. The molecule has 2 saturated carbocycles. The van der Waals surface area contributed by atoms with Crippen LogP contribution in [0.15, 0.2) is 24.3 Å². The molecule has 2 heteroatoms. The highest BCUT2D eigenvalue weighted by Gasteiger charge is 2.31. The zero-order chi connectivity index (χ0) is 19.1. The van der Waals surface area contributed by atoms with Crippen molar-refractivity contribution in [3.8, 4) is 5.75 Å². The van der Waals surface area contributed by atoms with Crippen molar-refractivity contribution in [3.63, 3.8) is 0 Å². The van der Waals surface area contributed by atoms with E-state index in [1.54, 1.807) is 0 Å². The van der Waals surface area contributed by atoms with Crippen LogP contribution in [0.5, 0.6) is 5.75 Å². The van der Waals surface area contributed by atoms with E-state index < -0.39 is 0 Å². The molecule has 0 heterocycles. The fourth-order valence-corrected chi connectivity index (χ4v) is 5.48. The van der Waals surface area contributed by atoms with Gasteiger partial charge in [0.15, 0.2) is 0 Å². The Labute approximate surface area is 166 Å². The van der Waals surface area contributed by atoms with Crippen LogP contribution in [-0.2, 0) is 4.79 Å². The molecule has 0 spiro atoms. The van der Waals surface area contributed by atoms with Crippen LogP contribution >= 0.6 is 0 Å². The van der Waals surface area contributed by atoms with E-state index in [-0.39, 0.29) is 5.97 Å². The lowest BCUT2D eigenvalue weighted by atomic mass is 9.68. The highest BCUT2D eigenvalue weighted by molar-refractivity contribution is 5.72. The molecule has 2 aliphatic rings. The van der Waals surface area contributed by atoms with Gasteiger partial charge in [-0.05, 0) is 86.3 Å². The van der Waals surface area contributed by atoms with E-state index in [0.29, 0.717) is 18.1 Å². The number of ether oxygens (including phenoxy) is 1. The second-order valence-electron chi connectivity index (χ2n) is 8.97. The summed E-state index contributed by atoms with van der Waals surface area (Å²) in [4.78, 5) is 11.6. The van der Waals surface area contributed by atoms with Crippen LogP contribution in [0.2, 0.25) is 0 Å². The molecule has 0 saturated heterocycles. The van der Waals surface area contributed by atoms with Crippen LogP contribution in [0, 0.1) is 17.8 Å². The summed E-state index contributed by atoms with van der Waals surface area (Å²) in [7, 11) is 0. The van der Waals surface area contributed by atoms with Crippen LogP contribution in [0.3, 0.4) is 0 Å². The molecule has 1 aromatic rings. The molecule has 0 radical (unpaired) electrons. The minimum atomic E-state index is -0.126.